The maximum Gasteiger partial charge on any atom is 0.335 e. The largest absolute Gasteiger partial charge is 0.478 e. The zero-order valence-electron chi connectivity index (χ0n) is 9.12. The van der Waals surface area contributed by atoms with E-state index in [9.17, 15) is 9.59 Å². The third-order valence-corrected chi connectivity index (χ3v) is 2.77. The molecule has 0 amide bonds. The molecule has 0 spiro atoms. The Balaban J connectivity index is 2.22. The smallest absolute Gasteiger partial charge is 0.335 e. The van der Waals surface area contributed by atoms with Gasteiger partial charge in [0.2, 0.25) is 6.29 Å². The Hall–Kier alpha value is -2.56. The van der Waals surface area contributed by atoms with E-state index < -0.39 is 12.3 Å². The van der Waals surface area contributed by atoms with E-state index in [1.54, 1.807) is 18.2 Å². The number of carbonyl (C=O) groups excluding carboxylic acids is 1. The lowest BCUT2D eigenvalue weighted by Crippen LogP contribution is -2.18. The van der Waals surface area contributed by atoms with Crippen LogP contribution in [0.15, 0.2) is 30.3 Å². The molecule has 1 aliphatic rings. The molecule has 1 atom stereocenters. The Morgan fingerprint density at radius 3 is 2.72 bits per heavy atom. The molecular weight excluding hydrogens is 236 g/mol. The summed E-state index contributed by atoms with van der Waals surface area (Å²) >= 11 is 0. The number of carboxylic acids is 1. The van der Waals surface area contributed by atoms with Crippen molar-refractivity contribution in [3.8, 4) is 11.5 Å². The number of fused-ring (bicyclic) bond motifs is 3. The van der Waals surface area contributed by atoms with Crippen molar-refractivity contribution in [3.63, 3.8) is 0 Å². The van der Waals surface area contributed by atoms with Crippen molar-refractivity contribution in [1.29, 1.82) is 0 Å². The van der Waals surface area contributed by atoms with Crippen LogP contribution in [0.1, 0.15) is 10.4 Å². The minimum absolute atomic E-state index is 0.161. The van der Waals surface area contributed by atoms with Crippen molar-refractivity contribution in [3.05, 3.63) is 35.9 Å². The van der Waals surface area contributed by atoms with Gasteiger partial charge >= 0.3 is 5.97 Å². The van der Waals surface area contributed by atoms with E-state index in [-0.39, 0.29) is 5.56 Å². The van der Waals surface area contributed by atoms with E-state index >= 15 is 0 Å². The number of aromatic carboxylic acids is 1. The molecule has 0 saturated carbocycles. The number of hydrogen-bond donors (Lipinski definition) is 1. The molecule has 1 heterocycles. The van der Waals surface area contributed by atoms with Gasteiger partial charge in [-0.2, -0.15) is 0 Å². The number of benzene rings is 2. The van der Waals surface area contributed by atoms with Crippen LogP contribution in [0.25, 0.3) is 10.8 Å². The normalized spacial score (nSPS) is 16.8. The molecule has 1 aliphatic heterocycles. The Labute approximate surface area is 102 Å². The number of carbonyl (C=O) groups is 2. The first kappa shape index (κ1) is 10.6. The van der Waals surface area contributed by atoms with Gasteiger partial charge in [-0.1, -0.05) is 12.1 Å². The second kappa shape index (κ2) is 3.73. The van der Waals surface area contributed by atoms with Crippen LogP contribution in [-0.4, -0.2) is 23.7 Å². The van der Waals surface area contributed by atoms with Crippen LogP contribution in [-0.2, 0) is 4.79 Å². The molecular formula is C13H8O5. The topological polar surface area (TPSA) is 72.8 Å². The van der Waals surface area contributed by atoms with E-state index in [0.29, 0.717) is 23.2 Å². The third kappa shape index (κ3) is 1.48. The predicted molar refractivity (Wildman–Crippen MR) is 62.0 cm³/mol. The summed E-state index contributed by atoms with van der Waals surface area (Å²) in [6.45, 7) is 0. The zero-order chi connectivity index (χ0) is 12.7. The summed E-state index contributed by atoms with van der Waals surface area (Å²) in [4.78, 5) is 21.6. The van der Waals surface area contributed by atoms with Crippen molar-refractivity contribution in [2.45, 2.75) is 6.29 Å². The standard InChI is InChI=1S/C13H8O5/c14-6-11-17-10-4-3-7-1-2-8(13(15)16)5-9(7)12(10)18-11/h1-6,11H,(H,15,16). The Morgan fingerprint density at radius 2 is 2.00 bits per heavy atom. The van der Waals surface area contributed by atoms with E-state index in [0.717, 1.165) is 5.39 Å². The monoisotopic (exact) mass is 244 g/mol. The van der Waals surface area contributed by atoms with Crippen LogP contribution < -0.4 is 9.47 Å². The lowest BCUT2D eigenvalue weighted by molar-refractivity contribution is -0.121. The highest BCUT2D eigenvalue weighted by atomic mass is 16.7. The summed E-state index contributed by atoms with van der Waals surface area (Å²) in [6.07, 6.45) is -0.411. The molecule has 0 aromatic heterocycles. The lowest BCUT2D eigenvalue weighted by atomic mass is 10.1. The van der Waals surface area contributed by atoms with Gasteiger partial charge in [0.25, 0.3) is 6.29 Å². The van der Waals surface area contributed by atoms with Crippen molar-refractivity contribution in [1.82, 2.24) is 0 Å². The maximum atomic E-state index is 10.9. The molecule has 0 fully saturated rings. The van der Waals surface area contributed by atoms with E-state index in [2.05, 4.69) is 0 Å². The van der Waals surface area contributed by atoms with Gasteiger partial charge in [-0.3, -0.25) is 4.79 Å². The molecule has 5 nitrogen and oxygen atoms in total. The fourth-order valence-corrected chi connectivity index (χ4v) is 1.94. The molecule has 3 rings (SSSR count). The summed E-state index contributed by atoms with van der Waals surface area (Å²) in [6, 6.07) is 8.20. The molecule has 1 unspecified atom stereocenters. The first-order chi connectivity index (χ1) is 8.69. The second-order valence-corrected chi connectivity index (χ2v) is 3.87. The Morgan fingerprint density at radius 1 is 1.22 bits per heavy atom. The van der Waals surface area contributed by atoms with Gasteiger partial charge in [-0.05, 0) is 23.6 Å². The quantitative estimate of drug-likeness (QED) is 0.816. The van der Waals surface area contributed by atoms with Gasteiger partial charge < -0.3 is 14.6 Å². The molecule has 18 heavy (non-hydrogen) atoms. The Kier molecular flexibility index (Phi) is 2.19. The zero-order valence-corrected chi connectivity index (χ0v) is 9.12. The molecule has 0 bridgehead atoms. The minimum Gasteiger partial charge on any atom is -0.478 e. The molecule has 5 heteroatoms. The summed E-state index contributed by atoms with van der Waals surface area (Å²) in [7, 11) is 0. The molecule has 2 aromatic rings. The number of rotatable bonds is 2. The van der Waals surface area contributed by atoms with Crippen LogP contribution in [0, 0.1) is 0 Å². The summed E-state index contributed by atoms with van der Waals surface area (Å²) in [5, 5.41) is 10.4. The summed E-state index contributed by atoms with van der Waals surface area (Å²) in [5.41, 5.74) is 0.161. The number of aldehydes is 1. The van der Waals surface area contributed by atoms with Gasteiger partial charge in [-0.15, -0.1) is 0 Å². The van der Waals surface area contributed by atoms with E-state index in [1.165, 1.54) is 12.1 Å². The van der Waals surface area contributed by atoms with Crippen LogP contribution in [0.4, 0.5) is 0 Å². The second-order valence-electron chi connectivity index (χ2n) is 3.87. The fourth-order valence-electron chi connectivity index (χ4n) is 1.94. The molecule has 2 aromatic carbocycles. The third-order valence-electron chi connectivity index (χ3n) is 2.77. The molecule has 0 radical (unpaired) electrons. The van der Waals surface area contributed by atoms with Gasteiger partial charge in [-0.25, -0.2) is 4.79 Å². The van der Waals surface area contributed by atoms with Gasteiger partial charge in [0.15, 0.2) is 11.5 Å². The number of carboxylic acid groups (broad SMARTS) is 1. The molecule has 90 valence electrons. The van der Waals surface area contributed by atoms with Gasteiger partial charge in [0.1, 0.15) is 0 Å². The highest BCUT2D eigenvalue weighted by molar-refractivity contribution is 5.98. The first-order valence-electron chi connectivity index (χ1n) is 5.28. The minimum atomic E-state index is -1.01. The summed E-state index contributed by atoms with van der Waals surface area (Å²) < 4.78 is 10.5. The molecule has 1 N–H and O–H groups in total. The summed E-state index contributed by atoms with van der Waals surface area (Å²) in [5.74, 6) is -0.157. The van der Waals surface area contributed by atoms with Crippen LogP contribution in [0.5, 0.6) is 11.5 Å². The van der Waals surface area contributed by atoms with Gasteiger partial charge in [0, 0.05) is 5.39 Å². The maximum absolute atomic E-state index is 10.9. The highest BCUT2D eigenvalue weighted by Crippen LogP contribution is 2.40. The van der Waals surface area contributed by atoms with Crippen molar-refractivity contribution in [2.24, 2.45) is 0 Å². The van der Waals surface area contributed by atoms with Crippen molar-refractivity contribution in [2.75, 3.05) is 0 Å². The van der Waals surface area contributed by atoms with Crippen molar-refractivity contribution < 1.29 is 24.2 Å². The van der Waals surface area contributed by atoms with Crippen LogP contribution >= 0.6 is 0 Å². The average molecular weight is 244 g/mol. The van der Waals surface area contributed by atoms with Crippen LogP contribution in [0.3, 0.4) is 0 Å². The number of hydrogen-bond acceptors (Lipinski definition) is 4. The first-order valence-corrected chi connectivity index (χ1v) is 5.28. The fraction of sp³-hybridized carbons (Fsp3) is 0.0769. The SMILES string of the molecule is O=CC1Oc2ccc3ccc(C(=O)O)cc3c2O1. The molecule has 0 aliphatic carbocycles. The highest BCUT2D eigenvalue weighted by Gasteiger charge is 2.25. The van der Waals surface area contributed by atoms with E-state index in [4.69, 9.17) is 14.6 Å². The number of ether oxygens (including phenoxy) is 2. The Bertz CT molecular complexity index is 662. The van der Waals surface area contributed by atoms with Crippen LogP contribution in [0.2, 0.25) is 0 Å². The van der Waals surface area contributed by atoms with Crippen molar-refractivity contribution >= 4 is 23.0 Å². The van der Waals surface area contributed by atoms with Gasteiger partial charge in [0.05, 0.1) is 5.56 Å². The average Bonchev–Trinajstić information content (AvgIpc) is 2.81. The predicted octanol–water partition coefficient (Wildman–Crippen LogP) is 1.83. The lowest BCUT2D eigenvalue weighted by Gasteiger charge is -2.03. The van der Waals surface area contributed by atoms with E-state index in [1.807, 2.05) is 0 Å². The molecule has 0 saturated heterocycles.